The summed E-state index contributed by atoms with van der Waals surface area (Å²) >= 11 is 0. The normalized spacial score (nSPS) is 24.9. The molecule has 0 spiro atoms. The van der Waals surface area contributed by atoms with Gasteiger partial charge in [0.15, 0.2) is 0 Å². The average molecular weight is 236 g/mol. The van der Waals surface area contributed by atoms with E-state index in [0.29, 0.717) is 26.1 Å². The van der Waals surface area contributed by atoms with Crippen LogP contribution in [0.3, 0.4) is 0 Å². The van der Waals surface area contributed by atoms with Crippen LogP contribution in [-0.2, 0) is 9.53 Å². The number of nitrogens with one attached hydrogen (secondary N) is 2. The van der Waals surface area contributed by atoms with E-state index in [1.54, 1.807) is 0 Å². The standard InChI is InChI=1S/C9H17N3O2.ClH/c10-9(1-3-14-4-2-9)8(13)12-7-5-11-6-7;/h7,11H,1-6,10H2,(H,12,13);1H. The number of hydrogen-bond donors (Lipinski definition) is 3. The van der Waals surface area contributed by atoms with Crippen molar-refractivity contribution in [2.24, 2.45) is 5.73 Å². The number of amides is 1. The molecule has 6 heteroatoms. The fraction of sp³-hybridized carbons (Fsp3) is 0.889. The zero-order valence-electron chi connectivity index (χ0n) is 8.62. The number of ether oxygens (including phenoxy) is 1. The number of carbonyl (C=O) groups is 1. The van der Waals surface area contributed by atoms with Crippen molar-refractivity contribution < 1.29 is 9.53 Å². The quantitative estimate of drug-likeness (QED) is 0.574. The first-order valence-corrected chi connectivity index (χ1v) is 5.09. The maximum Gasteiger partial charge on any atom is 0.240 e. The van der Waals surface area contributed by atoms with Gasteiger partial charge in [0, 0.05) is 26.3 Å². The molecule has 0 aromatic rings. The number of rotatable bonds is 2. The van der Waals surface area contributed by atoms with Crippen molar-refractivity contribution in [1.29, 1.82) is 0 Å². The Morgan fingerprint density at radius 1 is 1.40 bits per heavy atom. The number of carbonyl (C=O) groups excluding carboxylic acids is 1. The summed E-state index contributed by atoms with van der Waals surface area (Å²) in [5, 5.41) is 6.05. The smallest absolute Gasteiger partial charge is 0.240 e. The molecule has 0 aliphatic carbocycles. The van der Waals surface area contributed by atoms with E-state index in [1.807, 2.05) is 0 Å². The average Bonchev–Trinajstić information content (AvgIpc) is 2.12. The Balaban J connectivity index is 0.00000112. The van der Waals surface area contributed by atoms with Gasteiger partial charge >= 0.3 is 0 Å². The van der Waals surface area contributed by atoms with Gasteiger partial charge in [-0.05, 0) is 12.8 Å². The molecule has 2 fully saturated rings. The lowest BCUT2D eigenvalue weighted by atomic mass is 9.90. The van der Waals surface area contributed by atoms with E-state index in [-0.39, 0.29) is 24.4 Å². The maximum absolute atomic E-state index is 11.8. The van der Waals surface area contributed by atoms with Crippen molar-refractivity contribution in [3.63, 3.8) is 0 Å². The molecule has 2 aliphatic rings. The van der Waals surface area contributed by atoms with Crippen LogP contribution >= 0.6 is 12.4 Å². The Bertz CT molecular complexity index is 227. The van der Waals surface area contributed by atoms with Crippen LogP contribution in [0.15, 0.2) is 0 Å². The lowest BCUT2D eigenvalue weighted by Gasteiger charge is -2.36. The summed E-state index contributed by atoms with van der Waals surface area (Å²) in [6.07, 6.45) is 1.25. The molecule has 0 atom stereocenters. The van der Waals surface area contributed by atoms with E-state index in [0.717, 1.165) is 13.1 Å². The Morgan fingerprint density at radius 3 is 2.47 bits per heavy atom. The molecule has 1 amide bonds. The first-order valence-electron chi connectivity index (χ1n) is 5.09. The second-order valence-corrected chi connectivity index (χ2v) is 4.10. The molecular weight excluding hydrogens is 218 g/mol. The van der Waals surface area contributed by atoms with Gasteiger partial charge in [0.1, 0.15) is 0 Å². The van der Waals surface area contributed by atoms with Gasteiger partial charge in [0.2, 0.25) is 5.91 Å². The molecule has 0 aromatic heterocycles. The van der Waals surface area contributed by atoms with Gasteiger partial charge in [0.05, 0.1) is 11.6 Å². The zero-order chi connectivity index (χ0) is 10.0. The first-order chi connectivity index (χ1) is 6.71. The van der Waals surface area contributed by atoms with Crippen molar-refractivity contribution in [2.75, 3.05) is 26.3 Å². The van der Waals surface area contributed by atoms with Crippen LogP contribution in [0, 0.1) is 0 Å². The predicted octanol–water partition coefficient (Wildman–Crippen LogP) is -0.996. The number of nitrogens with two attached hydrogens (primary N) is 1. The highest BCUT2D eigenvalue weighted by Gasteiger charge is 2.37. The number of halogens is 1. The van der Waals surface area contributed by atoms with E-state index in [2.05, 4.69) is 10.6 Å². The van der Waals surface area contributed by atoms with E-state index in [1.165, 1.54) is 0 Å². The molecule has 88 valence electrons. The van der Waals surface area contributed by atoms with Crippen molar-refractivity contribution in [3.8, 4) is 0 Å². The summed E-state index contributed by atoms with van der Waals surface area (Å²) in [6.45, 7) is 2.90. The molecule has 0 bridgehead atoms. The van der Waals surface area contributed by atoms with Crippen LogP contribution in [0.25, 0.3) is 0 Å². The fourth-order valence-electron chi connectivity index (χ4n) is 1.68. The molecule has 2 saturated heterocycles. The summed E-state index contributed by atoms with van der Waals surface area (Å²) in [5.74, 6) is -0.0210. The third kappa shape index (κ3) is 2.81. The largest absolute Gasteiger partial charge is 0.381 e. The van der Waals surface area contributed by atoms with Gasteiger partial charge in [0.25, 0.3) is 0 Å². The second-order valence-electron chi connectivity index (χ2n) is 4.10. The van der Waals surface area contributed by atoms with Crippen LogP contribution in [0.1, 0.15) is 12.8 Å². The monoisotopic (exact) mass is 235 g/mol. The van der Waals surface area contributed by atoms with Crippen LogP contribution in [0.2, 0.25) is 0 Å². The topological polar surface area (TPSA) is 76.4 Å². The van der Waals surface area contributed by atoms with Crippen molar-refractivity contribution in [2.45, 2.75) is 24.4 Å². The van der Waals surface area contributed by atoms with Crippen LogP contribution in [0.5, 0.6) is 0 Å². The Hall–Kier alpha value is -0.360. The fourth-order valence-corrected chi connectivity index (χ4v) is 1.68. The summed E-state index contributed by atoms with van der Waals surface area (Å²) in [4.78, 5) is 11.8. The lowest BCUT2D eigenvalue weighted by molar-refractivity contribution is -0.130. The summed E-state index contributed by atoms with van der Waals surface area (Å²) < 4.78 is 5.19. The van der Waals surface area contributed by atoms with Gasteiger partial charge < -0.3 is 21.1 Å². The van der Waals surface area contributed by atoms with E-state index < -0.39 is 5.54 Å². The van der Waals surface area contributed by atoms with Gasteiger partial charge in [-0.1, -0.05) is 0 Å². The van der Waals surface area contributed by atoms with E-state index in [9.17, 15) is 4.79 Å². The molecule has 0 unspecified atom stereocenters. The van der Waals surface area contributed by atoms with E-state index >= 15 is 0 Å². The third-order valence-electron chi connectivity index (χ3n) is 2.95. The Morgan fingerprint density at radius 2 is 2.00 bits per heavy atom. The number of hydrogen-bond acceptors (Lipinski definition) is 4. The molecule has 15 heavy (non-hydrogen) atoms. The van der Waals surface area contributed by atoms with Crippen LogP contribution in [0.4, 0.5) is 0 Å². The third-order valence-corrected chi connectivity index (χ3v) is 2.95. The van der Waals surface area contributed by atoms with Gasteiger partial charge in [-0.25, -0.2) is 0 Å². The Kier molecular flexibility index (Phi) is 4.33. The summed E-state index contributed by atoms with van der Waals surface area (Å²) in [5.41, 5.74) is 5.32. The molecule has 0 radical (unpaired) electrons. The minimum Gasteiger partial charge on any atom is -0.381 e. The molecule has 4 N–H and O–H groups in total. The highest BCUT2D eigenvalue weighted by Crippen LogP contribution is 2.18. The van der Waals surface area contributed by atoms with E-state index in [4.69, 9.17) is 10.5 Å². The predicted molar refractivity (Wildman–Crippen MR) is 59.0 cm³/mol. The molecule has 5 nitrogen and oxygen atoms in total. The highest BCUT2D eigenvalue weighted by atomic mass is 35.5. The second kappa shape index (κ2) is 5.12. The van der Waals surface area contributed by atoms with Crippen LogP contribution in [-0.4, -0.2) is 43.8 Å². The van der Waals surface area contributed by atoms with Gasteiger partial charge in [-0.15, -0.1) is 12.4 Å². The maximum atomic E-state index is 11.8. The molecule has 0 aromatic carbocycles. The summed E-state index contributed by atoms with van der Waals surface area (Å²) in [7, 11) is 0. The van der Waals surface area contributed by atoms with Crippen molar-refractivity contribution in [1.82, 2.24) is 10.6 Å². The molecule has 2 rings (SSSR count). The molecule has 0 saturated carbocycles. The molecule has 2 heterocycles. The minimum atomic E-state index is -0.701. The van der Waals surface area contributed by atoms with Crippen LogP contribution < -0.4 is 16.4 Å². The lowest BCUT2D eigenvalue weighted by Crippen LogP contribution is -2.64. The van der Waals surface area contributed by atoms with Crippen molar-refractivity contribution >= 4 is 18.3 Å². The summed E-state index contributed by atoms with van der Waals surface area (Å²) in [6, 6.07) is 0.269. The zero-order valence-corrected chi connectivity index (χ0v) is 9.44. The SMILES string of the molecule is Cl.NC1(C(=O)NC2CNC2)CCOCC1. The minimum absolute atomic E-state index is 0. The van der Waals surface area contributed by atoms with Gasteiger partial charge in [-0.3, -0.25) is 4.79 Å². The molecule has 2 aliphatic heterocycles. The van der Waals surface area contributed by atoms with Gasteiger partial charge in [-0.2, -0.15) is 0 Å². The molecular formula is C9H18ClN3O2. The Labute approximate surface area is 95.5 Å². The first kappa shape index (κ1) is 12.7. The van der Waals surface area contributed by atoms with Crippen molar-refractivity contribution in [3.05, 3.63) is 0 Å². The highest BCUT2D eigenvalue weighted by molar-refractivity contribution is 5.86.